The predicted octanol–water partition coefficient (Wildman–Crippen LogP) is 14.6. The highest BCUT2D eigenvalue weighted by atomic mass is 16.3. The third-order valence-electron chi connectivity index (χ3n) is 10.5. The molecule has 10 rings (SSSR count). The molecule has 0 spiro atoms. The van der Waals surface area contributed by atoms with Crippen LogP contribution < -0.4 is 0 Å². The maximum Gasteiger partial charge on any atom is 0.135 e. The summed E-state index contributed by atoms with van der Waals surface area (Å²) in [5.41, 5.74) is 17.7. The minimum absolute atomic E-state index is 0.875. The average Bonchev–Trinajstić information content (AvgIpc) is 3.65. The number of benzene rings is 8. The molecule has 8 aromatic carbocycles. The fourth-order valence-corrected chi connectivity index (χ4v) is 8.12. The summed E-state index contributed by atoms with van der Waals surface area (Å²) in [4.78, 5) is 4.67. The van der Waals surface area contributed by atoms with Gasteiger partial charge < -0.3 is 4.42 Å². The highest BCUT2D eigenvalue weighted by Crippen LogP contribution is 2.56. The Morgan fingerprint density at radius 2 is 0.655 bits per heavy atom. The predicted molar refractivity (Wildman–Crippen MR) is 230 cm³/mol. The van der Waals surface area contributed by atoms with Gasteiger partial charge in [-0.05, 0) is 97.1 Å². The molecular formula is C53H35NO. The van der Waals surface area contributed by atoms with Gasteiger partial charge in [0.25, 0.3) is 0 Å². The minimum Gasteiger partial charge on any atom is -0.456 e. The highest BCUT2D eigenvalue weighted by Gasteiger charge is 2.29. The van der Waals surface area contributed by atoms with E-state index in [4.69, 9.17) is 4.42 Å². The number of furan rings is 1. The van der Waals surface area contributed by atoms with E-state index in [1.165, 1.54) is 33.4 Å². The van der Waals surface area contributed by atoms with Crippen LogP contribution in [-0.2, 0) is 0 Å². The van der Waals surface area contributed by atoms with E-state index in [9.17, 15) is 0 Å². The molecule has 0 saturated heterocycles. The first-order valence-corrected chi connectivity index (χ1v) is 18.7. The minimum atomic E-state index is 0.875. The maximum atomic E-state index is 6.39. The SMILES string of the molecule is c1ccc(-c2c(-c3ccccc3)c(-c3ccccc3)c(-c3ccc4oc5ccccc5c4c3)c(-c3ccc(-c4ccccn4)cc3)c2-c2ccccc2)cc1. The lowest BCUT2D eigenvalue weighted by molar-refractivity contribution is 0.669. The van der Waals surface area contributed by atoms with Crippen LogP contribution in [0.25, 0.3) is 100.0 Å². The zero-order valence-electron chi connectivity index (χ0n) is 30.1. The van der Waals surface area contributed by atoms with Crippen LogP contribution in [0.2, 0.25) is 0 Å². The van der Waals surface area contributed by atoms with Gasteiger partial charge in [-0.2, -0.15) is 0 Å². The Morgan fingerprint density at radius 3 is 1.15 bits per heavy atom. The van der Waals surface area contributed by atoms with Crippen LogP contribution >= 0.6 is 0 Å². The van der Waals surface area contributed by atoms with Crippen molar-refractivity contribution in [3.63, 3.8) is 0 Å². The number of hydrogen-bond acceptors (Lipinski definition) is 2. The summed E-state index contributed by atoms with van der Waals surface area (Å²) >= 11 is 0. The van der Waals surface area contributed by atoms with Crippen molar-refractivity contribution in [1.29, 1.82) is 0 Å². The van der Waals surface area contributed by atoms with Crippen LogP contribution in [0.1, 0.15) is 0 Å². The second-order valence-electron chi connectivity index (χ2n) is 13.8. The molecule has 0 aliphatic heterocycles. The number of fused-ring (bicyclic) bond motifs is 3. The lowest BCUT2D eigenvalue weighted by Gasteiger charge is -2.29. The summed E-state index contributed by atoms with van der Waals surface area (Å²) in [5.74, 6) is 0. The number of hydrogen-bond donors (Lipinski definition) is 0. The van der Waals surface area contributed by atoms with Crippen molar-refractivity contribution in [2.75, 3.05) is 0 Å². The molecule has 2 heteroatoms. The maximum absolute atomic E-state index is 6.39. The molecule has 2 aromatic heterocycles. The summed E-state index contributed by atoms with van der Waals surface area (Å²) in [6, 6.07) is 73.6. The van der Waals surface area contributed by atoms with E-state index < -0.39 is 0 Å². The Kier molecular flexibility index (Phi) is 8.20. The molecule has 0 aliphatic rings. The molecule has 0 fully saturated rings. The van der Waals surface area contributed by atoms with Crippen molar-refractivity contribution in [2.24, 2.45) is 0 Å². The quantitative estimate of drug-likeness (QED) is 0.165. The van der Waals surface area contributed by atoms with Gasteiger partial charge in [0.05, 0.1) is 5.69 Å². The molecule has 0 bridgehead atoms. The summed E-state index contributed by atoms with van der Waals surface area (Å²) in [7, 11) is 0. The Balaban J connectivity index is 1.43. The Labute approximate surface area is 320 Å². The Hall–Kier alpha value is -7.29. The van der Waals surface area contributed by atoms with E-state index in [-0.39, 0.29) is 0 Å². The van der Waals surface area contributed by atoms with Crippen molar-refractivity contribution >= 4 is 21.9 Å². The summed E-state index contributed by atoms with van der Waals surface area (Å²) in [6.45, 7) is 0. The van der Waals surface area contributed by atoms with Crippen LogP contribution in [0.5, 0.6) is 0 Å². The molecule has 10 aromatic rings. The number of nitrogens with zero attached hydrogens (tertiary/aromatic N) is 1. The fourth-order valence-electron chi connectivity index (χ4n) is 8.12. The Morgan fingerprint density at radius 1 is 0.273 bits per heavy atom. The van der Waals surface area contributed by atoms with Gasteiger partial charge in [-0.1, -0.05) is 176 Å². The van der Waals surface area contributed by atoms with Gasteiger partial charge in [0.2, 0.25) is 0 Å². The van der Waals surface area contributed by atoms with Crippen LogP contribution in [0.15, 0.2) is 217 Å². The lowest BCUT2D eigenvalue weighted by Crippen LogP contribution is -2.02. The molecule has 55 heavy (non-hydrogen) atoms. The molecule has 2 nitrogen and oxygen atoms in total. The van der Waals surface area contributed by atoms with Crippen LogP contribution in [0.4, 0.5) is 0 Å². The first-order valence-electron chi connectivity index (χ1n) is 18.7. The summed E-state index contributed by atoms with van der Waals surface area (Å²) < 4.78 is 6.39. The van der Waals surface area contributed by atoms with Gasteiger partial charge in [0.1, 0.15) is 11.2 Å². The number of para-hydroxylation sites is 1. The molecule has 0 atom stereocenters. The van der Waals surface area contributed by atoms with Gasteiger partial charge in [-0.15, -0.1) is 0 Å². The molecule has 0 amide bonds. The van der Waals surface area contributed by atoms with E-state index in [1.807, 2.05) is 24.4 Å². The van der Waals surface area contributed by atoms with E-state index in [1.54, 1.807) is 0 Å². The van der Waals surface area contributed by atoms with E-state index in [2.05, 4.69) is 193 Å². The third kappa shape index (κ3) is 5.82. The van der Waals surface area contributed by atoms with Gasteiger partial charge >= 0.3 is 0 Å². The van der Waals surface area contributed by atoms with Crippen molar-refractivity contribution in [1.82, 2.24) is 4.98 Å². The molecular weight excluding hydrogens is 667 g/mol. The van der Waals surface area contributed by atoms with E-state index in [0.717, 1.165) is 66.6 Å². The number of pyridine rings is 1. The standard InChI is InChI=1S/C53H35NO/c1-5-17-37(18-6-1)48-49(38-19-7-2-8-20-38)51(40-23-11-4-12-24-40)53(42-32-33-47-44(35-42)43-25-13-14-27-46(43)55-47)52(50(48)39-21-9-3-10-22-39)41-30-28-36(29-31-41)45-26-15-16-34-54-45/h1-35H. The van der Waals surface area contributed by atoms with Crippen molar-refractivity contribution < 1.29 is 4.42 Å². The highest BCUT2D eigenvalue weighted by molar-refractivity contribution is 6.16. The topological polar surface area (TPSA) is 26.0 Å². The number of aromatic nitrogens is 1. The average molecular weight is 702 g/mol. The van der Waals surface area contributed by atoms with Crippen LogP contribution in [0, 0.1) is 0 Å². The second-order valence-corrected chi connectivity index (χ2v) is 13.8. The largest absolute Gasteiger partial charge is 0.456 e. The number of rotatable bonds is 7. The molecule has 0 saturated carbocycles. The van der Waals surface area contributed by atoms with E-state index in [0.29, 0.717) is 0 Å². The first kappa shape index (κ1) is 32.4. The normalized spacial score (nSPS) is 11.3. The zero-order valence-corrected chi connectivity index (χ0v) is 30.1. The van der Waals surface area contributed by atoms with Crippen molar-refractivity contribution in [3.8, 4) is 78.0 Å². The second kappa shape index (κ2) is 13.9. The van der Waals surface area contributed by atoms with Gasteiger partial charge in [-0.25, -0.2) is 0 Å². The molecule has 0 radical (unpaired) electrons. The lowest BCUT2D eigenvalue weighted by atomic mass is 9.74. The smallest absolute Gasteiger partial charge is 0.135 e. The molecule has 2 heterocycles. The summed E-state index contributed by atoms with van der Waals surface area (Å²) in [6.07, 6.45) is 1.85. The monoisotopic (exact) mass is 701 g/mol. The van der Waals surface area contributed by atoms with Crippen LogP contribution in [0.3, 0.4) is 0 Å². The molecule has 0 aliphatic carbocycles. The first-order chi connectivity index (χ1) is 27.3. The molecule has 0 N–H and O–H groups in total. The molecule has 258 valence electrons. The van der Waals surface area contributed by atoms with Crippen LogP contribution in [-0.4, -0.2) is 4.98 Å². The molecule has 0 unspecified atom stereocenters. The van der Waals surface area contributed by atoms with Crippen molar-refractivity contribution in [2.45, 2.75) is 0 Å². The van der Waals surface area contributed by atoms with Gasteiger partial charge in [0, 0.05) is 22.5 Å². The zero-order chi connectivity index (χ0) is 36.6. The van der Waals surface area contributed by atoms with E-state index >= 15 is 0 Å². The third-order valence-corrected chi connectivity index (χ3v) is 10.5. The Bertz CT molecular complexity index is 2920. The summed E-state index contributed by atoms with van der Waals surface area (Å²) in [5, 5.41) is 2.20. The van der Waals surface area contributed by atoms with Gasteiger partial charge in [0.15, 0.2) is 0 Å². The van der Waals surface area contributed by atoms with Crippen molar-refractivity contribution in [3.05, 3.63) is 212 Å². The van der Waals surface area contributed by atoms with Gasteiger partial charge in [-0.3, -0.25) is 4.98 Å². The fraction of sp³-hybridized carbons (Fsp3) is 0.